The number of rotatable bonds is 0. The number of hydrogen-bond donors (Lipinski definition) is 0. The van der Waals surface area contributed by atoms with E-state index in [1.54, 1.807) is 6.21 Å². The minimum Gasteiger partial charge on any atom is -0.231 e. The Kier molecular flexibility index (Phi) is 1.06. The maximum Gasteiger partial charge on any atom is 0.183 e. The Morgan fingerprint density at radius 2 is 2.25 bits per heavy atom. The van der Waals surface area contributed by atoms with E-state index in [4.69, 9.17) is 0 Å². The van der Waals surface area contributed by atoms with E-state index in [2.05, 4.69) is 21.6 Å². The second-order valence-electron chi connectivity index (χ2n) is 3.21. The Hall–Kier alpha value is -1.38. The van der Waals surface area contributed by atoms with Gasteiger partial charge in [-0.1, -0.05) is 0 Å². The zero-order chi connectivity index (χ0) is 7.97. The highest BCUT2D eigenvalue weighted by atomic mass is 15.3. The average Bonchev–Trinajstić information content (AvgIpc) is 2.64. The highest BCUT2D eigenvalue weighted by Gasteiger charge is 2.18. The fourth-order valence-electron chi connectivity index (χ4n) is 1.80. The Morgan fingerprint density at radius 3 is 3.25 bits per heavy atom. The predicted molar refractivity (Wildman–Crippen MR) is 45.7 cm³/mol. The summed E-state index contributed by atoms with van der Waals surface area (Å²) in [5, 5.41) is 3.83. The lowest BCUT2D eigenvalue weighted by molar-refractivity contribution is 0.887. The largest absolute Gasteiger partial charge is 0.231 e. The van der Waals surface area contributed by atoms with Gasteiger partial charge in [0.15, 0.2) is 5.82 Å². The molecule has 3 nitrogen and oxygen atoms in total. The van der Waals surface area contributed by atoms with Crippen LogP contribution in [0, 0.1) is 0 Å². The van der Waals surface area contributed by atoms with E-state index in [0.29, 0.717) is 0 Å². The molecule has 2 aliphatic rings. The van der Waals surface area contributed by atoms with Crippen molar-refractivity contribution < 1.29 is 0 Å². The molecule has 0 spiro atoms. The maximum atomic E-state index is 4.44. The maximum absolute atomic E-state index is 4.44. The van der Waals surface area contributed by atoms with Crippen LogP contribution in [-0.4, -0.2) is 11.2 Å². The van der Waals surface area contributed by atoms with Crippen LogP contribution in [0.2, 0.25) is 0 Å². The van der Waals surface area contributed by atoms with Crippen molar-refractivity contribution in [3.05, 3.63) is 22.9 Å². The summed E-state index contributed by atoms with van der Waals surface area (Å²) in [6.45, 7) is 0. The number of fused-ring (bicyclic) bond motifs is 2. The lowest BCUT2D eigenvalue weighted by Crippen LogP contribution is -1.94. The minimum absolute atomic E-state index is 0.802. The van der Waals surface area contributed by atoms with Crippen molar-refractivity contribution in [2.24, 2.45) is 5.10 Å². The summed E-state index contributed by atoms with van der Waals surface area (Å²) in [7, 11) is 0. The second-order valence-corrected chi connectivity index (χ2v) is 3.21. The fourth-order valence-corrected chi connectivity index (χ4v) is 1.80. The topological polar surface area (TPSA) is 39.4 Å². The Balaban J connectivity index is 2.23. The van der Waals surface area contributed by atoms with Crippen molar-refractivity contribution in [3.63, 3.8) is 0 Å². The molecule has 12 heavy (non-hydrogen) atoms. The van der Waals surface area contributed by atoms with E-state index in [0.717, 1.165) is 17.8 Å². The van der Waals surface area contributed by atoms with E-state index in [9.17, 15) is 0 Å². The SMILES string of the molecule is C1=N[N]c2nc3c(cc21)CCC3. The van der Waals surface area contributed by atoms with Gasteiger partial charge < -0.3 is 0 Å². The summed E-state index contributed by atoms with van der Waals surface area (Å²) in [4.78, 5) is 4.44. The molecular formula is C9H8N3. The first-order chi connectivity index (χ1) is 5.93. The van der Waals surface area contributed by atoms with Crippen molar-refractivity contribution in [1.82, 2.24) is 10.4 Å². The third-order valence-electron chi connectivity index (χ3n) is 2.41. The van der Waals surface area contributed by atoms with Gasteiger partial charge in [0.2, 0.25) is 0 Å². The van der Waals surface area contributed by atoms with Crippen LogP contribution in [-0.2, 0) is 12.8 Å². The van der Waals surface area contributed by atoms with Gasteiger partial charge in [0.25, 0.3) is 0 Å². The van der Waals surface area contributed by atoms with Gasteiger partial charge in [-0.2, -0.15) is 5.10 Å². The van der Waals surface area contributed by atoms with Crippen LogP contribution in [0.5, 0.6) is 0 Å². The molecule has 1 aliphatic carbocycles. The first-order valence-electron chi connectivity index (χ1n) is 4.20. The van der Waals surface area contributed by atoms with Gasteiger partial charge in [0.05, 0.1) is 6.21 Å². The quantitative estimate of drug-likeness (QED) is 0.558. The summed E-state index contributed by atoms with van der Waals surface area (Å²) in [6, 6.07) is 2.17. The molecule has 59 valence electrons. The number of pyridine rings is 1. The summed E-state index contributed by atoms with van der Waals surface area (Å²) in [5.74, 6) is 0.802. The molecule has 1 aromatic rings. The zero-order valence-corrected chi connectivity index (χ0v) is 6.62. The first-order valence-corrected chi connectivity index (χ1v) is 4.20. The molecule has 0 N–H and O–H groups in total. The lowest BCUT2D eigenvalue weighted by atomic mass is 10.1. The number of nitrogens with zero attached hydrogens (tertiary/aromatic N) is 3. The zero-order valence-electron chi connectivity index (χ0n) is 6.62. The van der Waals surface area contributed by atoms with Crippen molar-refractivity contribution >= 4 is 12.0 Å². The van der Waals surface area contributed by atoms with Crippen molar-refractivity contribution in [2.75, 3.05) is 0 Å². The molecule has 0 fully saturated rings. The van der Waals surface area contributed by atoms with Crippen LogP contribution >= 0.6 is 0 Å². The molecule has 3 rings (SSSR count). The molecule has 0 bridgehead atoms. The molecular weight excluding hydrogens is 150 g/mol. The van der Waals surface area contributed by atoms with E-state index < -0.39 is 0 Å². The van der Waals surface area contributed by atoms with Crippen LogP contribution in [0.1, 0.15) is 23.2 Å². The molecule has 0 atom stereocenters. The number of aryl methyl sites for hydroxylation is 2. The molecule has 1 radical (unpaired) electrons. The molecule has 2 heterocycles. The van der Waals surface area contributed by atoms with Crippen LogP contribution in [0.3, 0.4) is 0 Å². The van der Waals surface area contributed by atoms with Crippen LogP contribution < -0.4 is 5.43 Å². The predicted octanol–water partition coefficient (Wildman–Crippen LogP) is 1.15. The number of hydrogen-bond acceptors (Lipinski definition) is 2. The average molecular weight is 158 g/mol. The lowest BCUT2D eigenvalue weighted by Gasteiger charge is -1.99. The van der Waals surface area contributed by atoms with Gasteiger partial charge in [-0.3, -0.25) is 0 Å². The molecule has 0 saturated carbocycles. The van der Waals surface area contributed by atoms with Gasteiger partial charge in [0, 0.05) is 11.3 Å². The van der Waals surface area contributed by atoms with Gasteiger partial charge >= 0.3 is 0 Å². The van der Waals surface area contributed by atoms with E-state index in [-0.39, 0.29) is 0 Å². The van der Waals surface area contributed by atoms with Crippen LogP contribution in [0.15, 0.2) is 11.2 Å². The van der Waals surface area contributed by atoms with Crippen molar-refractivity contribution in [2.45, 2.75) is 19.3 Å². The molecule has 0 unspecified atom stereocenters. The summed E-state index contributed by atoms with van der Waals surface area (Å²) in [6.07, 6.45) is 5.30. The summed E-state index contributed by atoms with van der Waals surface area (Å²) in [5.41, 5.74) is 7.63. The van der Waals surface area contributed by atoms with Crippen molar-refractivity contribution in [3.8, 4) is 0 Å². The molecule has 0 amide bonds. The molecule has 3 heteroatoms. The normalized spacial score (nSPS) is 17.3. The van der Waals surface area contributed by atoms with E-state index in [1.807, 2.05) is 0 Å². The third-order valence-corrected chi connectivity index (χ3v) is 2.41. The van der Waals surface area contributed by atoms with Crippen LogP contribution in [0.25, 0.3) is 0 Å². The Morgan fingerprint density at radius 1 is 1.25 bits per heavy atom. The standard InChI is InChI=1S/C9H8N3/c1-2-6-4-7-5-10-12-9(7)11-8(6)3-1/h4-5H,1-3H2. The Bertz CT molecular complexity index is 368. The fraction of sp³-hybridized carbons (Fsp3) is 0.333. The minimum atomic E-state index is 0.802. The third kappa shape index (κ3) is 0.706. The van der Waals surface area contributed by atoms with Crippen molar-refractivity contribution in [1.29, 1.82) is 0 Å². The second kappa shape index (κ2) is 2.06. The van der Waals surface area contributed by atoms with Gasteiger partial charge in [0.1, 0.15) is 0 Å². The number of aromatic nitrogens is 1. The molecule has 0 saturated heterocycles. The highest BCUT2D eigenvalue weighted by Crippen LogP contribution is 2.26. The molecule has 0 aromatic carbocycles. The van der Waals surface area contributed by atoms with Crippen LogP contribution in [0.4, 0.5) is 5.82 Å². The first kappa shape index (κ1) is 6.17. The van der Waals surface area contributed by atoms with Gasteiger partial charge in [-0.05, 0) is 30.9 Å². The Labute approximate surface area is 70.5 Å². The summed E-state index contributed by atoms with van der Waals surface area (Å²) >= 11 is 0. The van der Waals surface area contributed by atoms with Gasteiger partial charge in [-0.25, -0.2) is 4.98 Å². The monoisotopic (exact) mass is 158 g/mol. The highest BCUT2D eigenvalue weighted by molar-refractivity contribution is 5.88. The van der Waals surface area contributed by atoms with Gasteiger partial charge in [-0.15, -0.1) is 5.43 Å². The van der Waals surface area contributed by atoms with E-state index >= 15 is 0 Å². The van der Waals surface area contributed by atoms with E-state index in [1.165, 1.54) is 24.1 Å². The molecule has 1 aliphatic heterocycles. The molecule has 1 aromatic heterocycles. The smallest absolute Gasteiger partial charge is 0.183 e. The summed E-state index contributed by atoms with van der Waals surface area (Å²) < 4.78 is 0.